The Balaban J connectivity index is 1.97. The molecule has 180 valence electrons. The van der Waals surface area contributed by atoms with Gasteiger partial charge in [-0.25, -0.2) is 14.8 Å². The normalized spacial score (nSPS) is 19.0. The lowest BCUT2D eigenvalue weighted by Gasteiger charge is -2.44. The summed E-state index contributed by atoms with van der Waals surface area (Å²) >= 11 is 0. The SMILES string of the molecule is CC(C)(C)OC(=O)NC1(CO[Si](C)(C)C(C)(C)C)CCc2cccc(-c3cncnc3)c2C1. The maximum absolute atomic E-state index is 12.9. The van der Waals surface area contributed by atoms with E-state index in [1.807, 2.05) is 33.2 Å². The van der Waals surface area contributed by atoms with Gasteiger partial charge in [-0.1, -0.05) is 39.0 Å². The van der Waals surface area contributed by atoms with Crippen LogP contribution in [0.5, 0.6) is 0 Å². The molecule has 1 unspecified atom stereocenters. The minimum absolute atomic E-state index is 0.0826. The molecule has 1 aromatic carbocycles. The Morgan fingerprint density at radius 3 is 2.39 bits per heavy atom. The van der Waals surface area contributed by atoms with Crippen LogP contribution >= 0.6 is 0 Å². The minimum atomic E-state index is -2.01. The highest BCUT2D eigenvalue weighted by molar-refractivity contribution is 6.74. The number of fused-ring (bicyclic) bond motifs is 1. The van der Waals surface area contributed by atoms with Gasteiger partial charge in [-0.3, -0.25) is 0 Å². The van der Waals surface area contributed by atoms with Crippen LogP contribution < -0.4 is 5.32 Å². The third kappa shape index (κ3) is 6.21. The van der Waals surface area contributed by atoms with E-state index in [1.54, 1.807) is 6.33 Å². The number of carbonyl (C=O) groups is 1. The molecule has 3 rings (SSSR count). The van der Waals surface area contributed by atoms with E-state index in [1.165, 1.54) is 11.1 Å². The summed E-state index contributed by atoms with van der Waals surface area (Å²) in [5, 5.41) is 3.32. The fourth-order valence-corrected chi connectivity index (χ4v) is 4.98. The zero-order chi connectivity index (χ0) is 24.5. The monoisotopic (exact) mass is 469 g/mol. The van der Waals surface area contributed by atoms with Crippen molar-refractivity contribution in [1.82, 2.24) is 15.3 Å². The van der Waals surface area contributed by atoms with Crippen LogP contribution in [0.1, 0.15) is 59.1 Å². The fraction of sp³-hybridized carbons (Fsp3) is 0.577. The van der Waals surface area contributed by atoms with E-state index in [0.717, 1.165) is 24.0 Å². The number of ether oxygens (including phenoxy) is 1. The Hall–Kier alpha value is -2.25. The largest absolute Gasteiger partial charge is 0.444 e. The maximum Gasteiger partial charge on any atom is 0.408 e. The van der Waals surface area contributed by atoms with Gasteiger partial charge in [0.25, 0.3) is 0 Å². The van der Waals surface area contributed by atoms with Gasteiger partial charge < -0.3 is 14.5 Å². The Bertz CT molecular complexity index is 981. The molecule has 0 fully saturated rings. The molecular weight excluding hydrogens is 430 g/mol. The van der Waals surface area contributed by atoms with E-state index < -0.39 is 25.6 Å². The summed E-state index contributed by atoms with van der Waals surface area (Å²) in [4.78, 5) is 21.3. The number of hydrogen-bond acceptors (Lipinski definition) is 5. The number of nitrogens with zero attached hydrogens (tertiary/aromatic N) is 2. The average Bonchev–Trinajstić information content (AvgIpc) is 2.70. The molecule has 0 saturated carbocycles. The molecule has 7 heteroatoms. The Kier molecular flexibility index (Phi) is 7.06. The van der Waals surface area contributed by atoms with Crippen molar-refractivity contribution in [2.75, 3.05) is 6.61 Å². The molecule has 0 spiro atoms. The average molecular weight is 470 g/mol. The fourth-order valence-electron chi connectivity index (χ4n) is 3.91. The lowest BCUT2D eigenvalue weighted by atomic mass is 9.76. The second kappa shape index (κ2) is 9.18. The number of benzene rings is 1. The van der Waals surface area contributed by atoms with E-state index >= 15 is 0 Å². The van der Waals surface area contributed by atoms with Crippen LogP contribution in [-0.2, 0) is 22.0 Å². The van der Waals surface area contributed by atoms with Crippen LogP contribution in [0.15, 0.2) is 36.9 Å². The third-order valence-electron chi connectivity index (χ3n) is 6.81. The molecule has 0 aliphatic heterocycles. The molecule has 0 radical (unpaired) electrons. The molecule has 1 aromatic heterocycles. The third-order valence-corrected chi connectivity index (χ3v) is 11.3. The lowest BCUT2D eigenvalue weighted by molar-refractivity contribution is 0.0386. The number of hydrogen-bond donors (Lipinski definition) is 1. The molecule has 0 bridgehead atoms. The summed E-state index contributed by atoms with van der Waals surface area (Å²) in [5.41, 5.74) is 3.49. The first kappa shape index (κ1) is 25.4. The van der Waals surface area contributed by atoms with Crippen LogP contribution in [0.25, 0.3) is 11.1 Å². The van der Waals surface area contributed by atoms with Gasteiger partial charge in [-0.05, 0) is 74.9 Å². The van der Waals surface area contributed by atoms with Crippen LogP contribution in [0.2, 0.25) is 18.1 Å². The highest BCUT2D eigenvalue weighted by Crippen LogP contribution is 2.40. The summed E-state index contributed by atoms with van der Waals surface area (Å²) in [7, 11) is -2.01. The number of aromatic nitrogens is 2. The van der Waals surface area contributed by atoms with Crippen molar-refractivity contribution in [3.63, 3.8) is 0 Å². The first-order valence-electron chi connectivity index (χ1n) is 11.7. The van der Waals surface area contributed by atoms with Crippen molar-refractivity contribution in [3.05, 3.63) is 48.0 Å². The molecule has 1 amide bonds. The molecule has 1 heterocycles. The van der Waals surface area contributed by atoms with E-state index in [-0.39, 0.29) is 5.04 Å². The Labute approximate surface area is 199 Å². The van der Waals surface area contributed by atoms with Crippen molar-refractivity contribution in [1.29, 1.82) is 0 Å². The summed E-state index contributed by atoms with van der Waals surface area (Å²) in [6.07, 6.45) is 7.14. The highest BCUT2D eigenvalue weighted by atomic mass is 28.4. The Morgan fingerprint density at radius 2 is 1.79 bits per heavy atom. The van der Waals surface area contributed by atoms with Gasteiger partial charge >= 0.3 is 6.09 Å². The molecule has 1 aliphatic rings. The number of aryl methyl sites for hydroxylation is 1. The van der Waals surface area contributed by atoms with Gasteiger partial charge in [0.1, 0.15) is 11.9 Å². The first-order chi connectivity index (χ1) is 15.2. The molecule has 2 aromatic rings. The number of rotatable bonds is 5. The van der Waals surface area contributed by atoms with Crippen molar-refractivity contribution in [3.8, 4) is 11.1 Å². The van der Waals surface area contributed by atoms with Crippen molar-refractivity contribution in [2.24, 2.45) is 0 Å². The number of amides is 1. The zero-order valence-electron chi connectivity index (χ0n) is 21.4. The summed E-state index contributed by atoms with van der Waals surface area (Å²) in [6, 6.07) is 6.37. The van der Waals surface area contributed by atoms with Crippen molar-refractivity contribution < 1.29 is 14.0 Å². The molecule has 1 N–H and O–H groups in total. The van der Waals surface area contributed by atoms with Gasteiger partial charge in [-0.2, -0.15) is 0 Å². The van der Waals surface area contributed by atoms with Gasteiger partial charge in [0.05, 0.1) is 12.1 Å². The standard InChI is InChI=1S/C26H39N3O3Si/c1-24(2,3)32-23(30)29-26(17-31-33(7,8)25(4,5)6)13-12-19-10-9-11-21(22(19)14-26)20-15-27-18-28-16-20/h9-11,15-16,18H,12-14,17H2,1-8H3,(H,29,30). The van der Waals surface area contributed by atoms with Gasteiger partial charge in [0.2, 0.25) is 0 Å². The topological polar surface area (TPSA) is 73.3 Å². The lowest BCUT2D eigenvalue weighted by Crippen LogP contribution is -2.58. The van der Waals surface area contributed by atoms with Crippen molar-refractivity contribution >= 4 is 14.4 Å². The number of alkyl carbamates (subject to hydrolysis) is 1. The van der Waals surface area contributed by atoms with Gasteiger partial charge in [-0.15, -0.1) is 0 Å². The van der Waals surface area contributed by atoms with E-state index in [4.69, 9.17) is 9.16 Å². The predicted octanol–water partition coefficient (Wildman–Crippen LogP) is 5.92. The van der Waals surface area contributed by atoms with E-state index in [0.29, 0.717) is 13.0 Å². The maximum atomic E-state index is 12.9. The first-order valence-corrected chi connectivity index (χ1v) is 14.6. The van der Waals surface area contributed by atoms with Crippen molar-refractivity contribution in [2.45, 2.75) is 90.1 Å². The molecule has 1 aliphatic carbocycles. The molecule has 33 heavy (non-hydrogen) atoms. The quantitative estimate of drug-likeness (QED) is 0.551. The van der Waals surface area contributed by atoms with E-state index in [9.17, 15) is 4.79 Å². The number of nitrogens with one attached hydrogen (secondary N) is 1. The van der Waals surface area contributed by atoms with Crippen LogP contribution in [0.4, 0.5) is 4.79 Å². The van der Waals surface area contributed by atoms with E-state index in [2.05, 4.69) is 67.3 Å². The molecule has 0 saturated heterocycles. The Morgan fingerprint density at radius 1 is 1.12 bits per heavy atom. The summed E-state index contributed by atoms with van der Waals surface area (Å²) < 4.78 is 12.3. The smallest absolute Gasteiger partial charge is 0.408 e. The van der Waals surface area contributed by atoms with Gasteiger partial charge in [0, 0.05) is 18.0 Å². The predicted molar refractivity (Wildman–Crippen MR) is 135 cm³/mol. The zero-order valence-corrected chi connectivity index (χ0v) is 22.4. The highest BCUT2D eigenvalue weighted by Gasteiger charge is 2.43. The molecule has 6 nitrogen and oxygen atoms in total. The van der Waals surface area contributed by atoms with Crippen LogP contribution in [0, 0.1) is 0 Å². The van der Waals surface area contributed by atoms with Crippen LogP contribution in [-0.4, -0.2) is 42.1 Å². The van der Waals surface area contributed by atoms with Crippen LogP contribution in [0.3, 0.4) is 0 Å². The molecule has 1 atom stereocenters. The summed E-state index contributed by atoms with van der Waals surface area (Å²) in [5.74, 6) is 0. The second-order valence-electron chi connectivity index (χ2n) is 11.7. The molecular formula is C26H39N3O3Si. The van der Waals surface area contributed by atoms with Gasteiger partial charge in [0.15, 0.2) is 8.32 Å². The second-order valence-corrected chi connectivity index (χ2v) is 16.5. The minimum Gasteiger partial charge on any atom is -0.444 e. The summed E-state index contributed by atoms with van der Waals surface area (Å²) in [6.45, 7) is 17.3. The number of carbonyl (C=O) groups excluding carboxylic acids is 1.